The van der Waals surface area contributed by atoms with Gasteiger partial charge in [0.2, 0.25) is 0 Å². The Kier molecular flexibility index (Phi) is 5.16. The summed E-state index contributed by atoms with van der Waals surface area (Å²) in [7, 11) is 0. The van der Waals surface area contributed by atoms with Crippen LogP contribution < -0.4 is 0 Å². The number of amides is 1. The first-order chi connectivity index (χ1) is 11.6. The first kappa shape index (κ1) is 16.5. The highest BCUT2D eigenvalue weighted by molar-refractivity contribution is 7.09. The molecule has 0 radical (unpaired) electrons. The van der Waals surface area contributed by atoms with Gasteiger partial charge in [-0.05, 0) is 56.0 Å². The summed E-state index contributed by atoms with van der Waals surface area (Å²) in [4.78, 5) is 16.2. The van der Waals surface area contributed by atoms with Crippen molar-refractivity contribution < 1.29 is 9.21 Å². The van der Waals surface area contributed by atoms with Crippen molar-refractivity contribution in [2.24, 2.45) is 0 Å². The summed E-state index contributed by atoms with van der Waals surface area (Å²) in [5.41, 5.74) is 2.95. The molecule has 1 amide bonds. The number of rotatable bonds is 6. The van der Waals surface area contributed by atoms with Crippen LogP contribution in [0.4, 0.5) is 0 Å². The van der Waals surface area contributed by atoms with Gasteiger partial charge in [0.25, 0.3) is 5.91 Å². The van der Waals surface area contributed by atoms with E-state index in [4.69, 9.17) is 4.42 Å². The zero-order chi connectivity index (χ0) is 16.9. The molecule has 0 atom stereocenters. The fraction of sp³-hybridized carbons (Fsp3) is 0.250. The maximum absolute atomic E-state index is 13.0. The molecule has 0 unspecified atom stereocenters. The number of hydrogen-bond donors (Lipinski definition) is 0. The molecule has 1 aromatic carbocycles. The lowest BCUT2D eigenvalue weighted by molar-refractivity contribution is 0.0733. The summed E-state index contributed by atoms with van der Waals surface area (Å²) >= 11 is 1.72. The van der Waals surface area contributed by atoms with Crippen LogP contribution in [0.1, 0.15) is 32.1 Å². The van der Waals surface area contributed by atoms with Crippen molar-refractivity contribution in [2.75, 3.05) is 6.54 Å². The summed E-state index contributed by atoms with van der Waals surface area (Å²) in [6.45, 7) is 5.20. The predicted molar refractivity (Wildman–Crippen MR) is 97.4 cm³/mol. The lowest BCUT2D eigenvalue weighted by atomic mass is 10.1. The van der Waals surface area contributed by atoms with Gasteiger partial charge in [-0.1, -0.05) is 23.3 Å². The molecule has 0 aliphatic heterocycles. The van der Waals surface area contributed by atoms with E-state index in [1.807, 2.05) is 49.1 Å². The zero-order valence-corrected chi connectivity index (χ0v) is 14.8. The highest BCUT2D eigenvalue weighted by Gasteiger charge is 2.18. The maximum Gasteiger partial charge on any atom is 0.254 e. The predicted octanol–water partition coefficient (Wildman–Crippen LogP) is 4.84. The molecule has 0 saturated carbocycles. The summed E-state index contributed by atoms with van der Waals surface area (Å²) < 4.78 is 5.44. The zero-order valence-electron chi connectivity index (χ0n) is 14.0. The van der Waals surface area contributed by atoms with Gasteiger partial charge in [-0.2, -0.15) is 0 Å². The molecule has 3 nitrogen and oxygen atoms in total. The number of aryl methyl sites for hydroxylation is 2. The molecule has 4 heteroatoms. The number of thiophene rings is 1. The van der Waals surface area contributed by atoms with Crippen LogP contribution in [0.5, 0.6) is 0 Å². The minimum atomic E-state index is 0.0507. The normalized spacial score (nSPS) is 10.8. The van der Waals surface area contributed by atoms with Crippen molar-refractivity contribution >= 4 is 17.2 Å². The van der Waals surface area contributed by atoms with E-state index in [9.17, 15) is 4.79 Å². The Labute approximate surface area is 146 Å². The molecular weight excluding hydrogens is 318 g/mol. The maximum atomic E-state index is 13.0. The number of nitrogens with zero attached hydrogens (tertiary/aromatic N) is 1. The molecular formula is C20H21NO2S. The Morgan fingerprint density at radius 3 is 2.54 bits per heavy atom. The summed E-state index contributed by atoms with van der Waals surface area (Å²) in [6, 6.07) is 13.9. The van der Waals surface area contributed by atoms with Crippen molar-refractivity contribution in [1.29, 1.82) is 0 Å². The molecule has 0 fully saturated rings. The third-order valence-corrected chi connectivity index (χ3v) is 4.83. The molecule has 24 heavy (non-hydrogen) atoms. The van der Waals surface area contributed by atoms with Gasteiger partial charge < -0.3 is 9.32 Å². The Bertz CT molecular complexity index is 771. The first-order valence-corrected chi connectivity index (χ1v) is 8.92. The van der Waals surface area contributed by atoms with E-state index in [1.54, 1.807) is 17.6 Å². The van der Waals surface area contributed by atoms with Crippen LogP contribution in [-0.2, 0) is 13.0 Å². The number of carbonyl (C=O) groups excluding carboxylic acids is 1. The van der Waals surface area contributed by atoms with Gasteiger partial charge in [0.05, 0.1) is 12.8 Å². The molecule has 0 aliphatic carbocycles. The summed E-state index contributed by atoms with van der Waals surface area (Å²) in [5.74, 6) is 0.855. The van der Waals surface area contributed by atoms with Crippen LogP contribution in [0.15, 0.2) is 58.5 Å². The number of furan rings is 1. The average Bonchev–Trinajstić information content (AvgIpc) is 3.23. The van der Waals surface area contributed by atoms with Crippen LogP contribution in [0.2, 0.25) is 0 Å². The Hall–Kier alpha value is -2.33. The third kappa shape index (κ3) is 4.15. The number of carbonyl (C=O) groups is 1. The van der Waals surface area contributed by atoms with Crippen LogP contribution in [0.25, 0.3) is 0 Å². The molecule has 2 heterocycles. The highest BCUT2D eigenvalue weighted by Crippen LogP contribution is 2.16. The standard InChI is InChI=1S/C20H21NO2S/c1-15-11-16(2)13-17(12-15)20(22)21(14-18-5-3-9-23-18)8-7-19-6-4-10-24-19/h3-6,9-13H,7-8,14H2,1-2H3. The molecule has 0 bridgehead atoms. The smallest absolute Gasteiger partial charge is 0.254 e. The van der Waals surface area contributed by atoms with Crippen LogP contribution in [-0.4, -0.2) is 17.4 Å². The van der Waals surface area contributed by atoms with Gasteiger partial charge in [0, 0.05) is 17.0 Å². The van der Waals surface area contributed by atoms with E-state index in [1.165, 1.54) is 4.88 Å². The quantitative estimate of drug-likeness (QED) is 0.643. The number of hydrogen-bond acceptors (Lipinski definition) is 3. The molecule has 124 valence electrons. The van der Waals surface area contributed by atoms with Crippen molar-refractivity contribution in [3.63, 3.8) is 0 Å². The lowest BCUT2D eigenvalue weighted by Gasteiger charge is -2.22. The Morgan fingerprint density at radius 1 is 1.12 bits per heavy atom. The van der Waals surface area contributed by atoms with Crippen molar-refractivity contribution in [2.45, 2.75) is 26.8 Å². The highest BCUT2D eigenvalue weighted by atomic mass is 32.1. The van der Waals surface area contributed by atoms with E-state index in [-0.39, 0.29) is 5.91 Å². The lowest BCUT2D eigenvalue weighted by Crippen LogP contribution is -2.32. The summed E-state index contributed by atoms with van der Waals surface area (Å²) in [6.07, 6.45) is 2.50. The molecule has 3 rings (SSSR count). The fourth-order valence-corrected chi connectivity index (χ4v) is 3.52. The van der Waals surface area contributed by atoms with Crippen LogP contribution in [0.3, 0.4) is 0 Å². The largest absolute Gasteiger partial charge is 0.467 e. The molecule has 2 aromatic heterocycles. The minimum absolute atomic E-state index is 0.0507. The van der Waals surface area contributed by atoms with E-state index in [2.05, 4.69) is 17.5 Å². The monoisotopic (exact) mass is 339 g/mol. The van der Waals surface area contributed by atoms with Crippen molar-refractivity contribution in [1.82, 2.24) is 4.90 Å². The van der Waals surface area contributed by atoms with Gasteiger partial charge in [-0.3, -0.25) is 4.79 Å². The van der Waals surface area contributed by atoms with Gasteiger partial charge in [-0.15, -0.1) is 11.3 Å². The number of benzene rings is 1. The Morgan fingerprint density at radius 2 is 1.92 bits per heavy atom. The summed E-state index contributed by atoms with van der Waals surface area (Å²) in [5, 5.41) is 2.07. The van der Waals surface area contributed by atoms with Crippen LogP contribution >= 0.6 is 11.3 Å². The average molecular weight is 339 g/mol. The van der Waals surface area contributed by atoms with Crippen LogP contribution in [0, 0.1) is 13.8 Å². The van der Waals surface area contributed by atoms with Crippen molar-refractivity contribution in [3.8, 4) is 0 Å². The second-order valence-corrected chi connectivity index (χ2v) is 7.04. The van der Waals surface area contributed by atoms with E-state index in [0.717, 1.165) is 28.9 Å². The van der Waals surface area contributed by atoms with Crippen molar-refractivity contribution in [3.05, 3.63) is 81.4 Å². The fourth-order valence-electron chi connectivity index (χ4n) is 2.82. The SMILES string of the molecule is Cc1cc(C)cc(C(=O)N(CCc2cccs2)Cc2ccco2)c1. The molecule has 0 saturated heterocycles. The molecule has 3 aromatic rings. The van der Waals surface area contributed by atoms with Gasteiger partial charge in [-0.25, -0.2) is 0 Å². The minimum Gasteiger partial charge on any atom is -0.467 e. The van der Waals surface area contributed by atoms with Gasteiger partial charge >= 0.3 is 0 Å². The van der Waals surface area contributed by atoms with E-state index >= 15 is 0 Å². The van der Waals surface area contributed by atoms with Gasteiger partial charge in [0.1, 0.15) is 5.76 Å². The molecule has 0 aliphatic rings. The first-order valence-electron chi connectivity index (χ1n) is 8.04. The van der Waals surface area contributed by atoms with Gasteiger partial charge in [0.15, 0.2) is 0 Å². The topological polar surface area (TPSA) is 33.5 Å². The Balaban J connectivity index is 1.80. The second-order valence-electron chi connectivity index (χ2n) is 6.01. The third-order valence-electron chi connectivity index (χ3n) is 3.89. The van der Waals surface area contributed by atoms with E-state index < -0.39 is 0 Å². The molecule has 0 spiro atoms. The molecule has 0 N–H and O–H groups in total. The second kappa shape index (κ2) is 7.49. The van der Waals surface area contributed by atoms with E-state index in [0.29, 0.717) is 13.1 Å².